The number of nitrogens with zero attached hydrogens (tertiary/aromatic N) is 3. The van der Waals surface area contributed by atoms with Crippen molar-refractivity contribution in [2.24, 2.45) is 5.92 Å². The highest BCUT2D eigenvalue weighted by Gasteiger charge is 2.28. The number of hydrogen-bond donors (Lipinski definition) is 1. The van der Waals surface area contributed by atoms with Gasteiger partial charge in [-0.25, -0.2) is 9.97 Å². The molecule has 1 saturated heterocycles. The molecule has 1 aromatic heterocycles. The van der Waals surface area contributed by atoms with E-state index >= 15 is 0 Å². The number of ether oxygens (including phenoxy) is 1. The van der Waals surface area contributed by atoms with Crippen LogP contribution in [0.2, 0.25) is 0 Å². The molecule has 1 amide bonds. The summed E-state index contributed by atoms with van der Waals surface area (Å²) in [6.45, 7) is 4.18. The fourth-order valence-electron chi connectivity index (χ4n) is 4.00. The number of aromatic nitrogens is 2. The molecule has 1 N–H and O–H groups in total. The summed E-state index contributed by atoms with van der Waals surface area (Å²) in [6, 6.07) is 18.2. The minimum atomic E-state index is -0.0605. The molecular formula is C26H30N4O2. The molecule has 4 rings (SSSR count). The van der Waals surface area contributed by atoms with E-state index in [0.29, 0.717) is 24.8 Å². The summed E-state index contributed by atoms with van der Waals surface area (Å²) in [5.41, 5.74) is 2.47. The Morgan fingerprint density at radius 2 is 1.88 bits per heavy atom. The zero-order valence-electron chi connectivity index (χ0n) is 18.5. The number of amides is 1. The molecule has 0 radical (unpaired) electrons. The summed E-state index contributed by atoms with van der Waals surface area (Å²) in [6.07, 6.45) is 7.03. The summed E-state index contributed by atoms with van der Waals surface area (Å²) in [5, 5.41) is 3.12. The molecule has 0 saturated carbocycles. The van der Waals surface area contributed by atoms with E-state index in [-0.39, 0.29) is 11.8 Å². The van der Waals surface area contributed by atoms with E-state index in [9.17, 15) is 4.79 Å². The molecule has 3 aromatic rings. The van der Waals surface area contributed by atoms with Crippen LogP contribution in [0.5, 0.6) is 11.6 Å². The minimum Gasteiger partial charge on any atom is -0.436 e. The van der Waals surface area contributed by atoms with Crippen molar-refractivity contribution in [3.8, 4) is 11.6 Å². The molecule has 0 aliphatic carbocycles. The SMILES string of the molecule is Cc1ccc(Oc2nccnc2N2CCC[C@@H](C(=O)NCCCc3ccccc3)C2)cc1. The quantitative estimate of drug-likeness (QED) is 0.532. The first kappa shape index (κ1) is 21.8. The first-order valence-corrected chi connectivity index (χ1v) is 11.3. The standard InChI is InChI=1S/C26H30N4O2/c1-20-11-13-23(14-12-20)32-26-24(27-16-17-29-26)30-18-6-10-22(19-30)25(31)28-15-5-9-21-7-3-2-4-8-21/h2-4,7-8,11-14,16-17,22H,5-6,9-10,15,18-19H2,1H3,(H,28,31)/t22-/m1/s1. The number of carbonyl (C=O) groups excluding carboxylic acids is 1. The highest BCUT2D eigenvalue weighted by molar-refractivity contribution is 5.79. The van der Waals surface area contributed by atoms with Gasteiger partial charge in [0, 0.05) is 32.0 Å². The fraction of sp³-hybridized carbons (Fsp3) is 0.346. The van der Waals surface area contributed by atoms with Crippen LogP contribution in [0.15, 0.2) is 67.0 Å². The van der Waals surface area contributed by atoms with Gasteiger partial charge in [-0.2, -0.15) is 0 Å². The van der Waals surface area contributed by atoms with Crippen LogP contribution in [0.1, 0.15) is 30.4 Å². The summed E-state index contributed by atoms with van der Waals surface area (Å²) < 4.78 is 6.02. The van der Waals surface area contributed by atoms with Gasteiger partial charge in [-0.15, -0.1) is 0 Å². The number of piperidine rings is 1. The Labute approximate surface area is 189 Å². The van der Waals surface area contributed by atoms with Crippen LogP contribution in [0.25, 0.3) is 0 Å². The van der Waals surface area contributed by atoms with E-state index in [1.165, 1.54) is 11.1 Å². The maximum atomic E-state index is 12.8. The average molecular weight is 431 g/mol. The van der Waals surface area contributed by atoms with E-state index in [2.05, 4.69) is 32.3 Å². The van der Waals surface area contributed by atoms with Crippen LogP contribution in [0.4, 0.5) is 5.82 Å². The molecule has 166 valence electrons. The lowest BCUT2D eigenvalue weighted by Gasteiger charge is -2.33. The molecule has 6 heteroatoms. The largest absolute Gasteiger partial charge is 0.436 e. The number of carbonyl (C=O) groups is 1. The molecule has 6 nitrogen and oxygen atoms in total. The molecular weight excluding hydrogens is 400 g/mol. The van der Waals surface area contributed by atoms with Gasteiger partial charge in [0.2, 0.25) is 5.91 Å². The van der Waals surface area contributed by atoms with Crippen LogP contribution in [-0.2, 0) is 11.2 Å². The first-order chi connectivity index (χ1) is 15.7. The second kappa shape index (κ2) is 10.8. The van der Waals surface area contributed by atoms with Crippen molar-refractivity contribution in [1.82, 2.24) is 15.3 Å². The van der Waals surface area contributed by atoms with Gasteiger partial charge in [0.1, 0.15) is 5.75 Å². The topological polar surface area (TPSA) is 67.4 Å². The van der Waals surface area contributed by atoms with Crippen molar-refractivity contribution in [2.45, 2.75) is 32.6 Å². The Balaban J connectivity index is 1.33. The number of anilines is 1. The monoisotopic (exact) mass is 430 g/mol. The zero-order valence-corrected chi connectivity index (χ0v) is 18.5. The highest BCUT2D eigenvalue weighted by atomic mass is 16.5. The molecule has 2 aromatic carbocycles. The van der Waals surface area contributed by atoms with Crippen molar-refractivity contribution < 1.29 is 9.53 Å². The van der Waals surface area contributed by atoms with Gasteiger partial charge in [0.25, 0.3) is 5.88 Å². The molecule has 0 spiro atoms. The van der Waals surface area contributed by atoms with Crippen molar-refractivity contribution in [3.05, 3.63) is 78.1 Å². The van der Waals surface area contributed by atoms with Gasteiger partial charge in [0.05, 0.1) is 5.92 Å². The number of aryl methyl sites for hydroxylation is 2. The van der Waals surface area contributed by atoms with Crippen molar-refractivity contribution in [1.29, 1.82) is 0 Å². The van der Waals surface area contributed by atoms with Crippen LogP contribution in [-0.4, -0.2) is 35.5 Å². The molecule has 0 bridgehead atoms. The smallest absolute Gasteiger partial charge is 0.263 e. The molecule has 1 fully saturated rings. The Hall–Kier alpha value is -3.41. The minimum absolute atomic E-state index is 0.0605. The third-order valence-corrected chi connectivity index (χ3v) is 5.76. The Morgan fingerprint density at radius 3 is 2.69 bits per heavy atom. The molecule has 1 aliphatic heterocycles. The maximum Gasteiger partial charge on any atom is 0.263 e. The number of benzene rings is 2. The normalized spacial score (nSPS) is 15.9. The summed E-state index contributed by atoms with van der Waals surface area (Å²) >= 11 is 0. The number of rotatable bonds is 8. The van der Waals surface area contributed by atoms with E-state index in [4.69, 9.17) is 4.74 Å². The van der Waals surface area contributed by atoms with Crippen molar-refractivity contribution >= 4 is 11.7 Å². The fourth-order valence-corrected chi connectivity index (χ4v) is 4.00. The van der Waals surface area contributed by atoms with E-state index in [1.807, 2.05) is 49.4 Å². The molecule has 0 unspecified atom stereocenters. The van der Waals surface area contributed by atoms with Gasteiger partial charge in [-0.1, -0.05) is 48.0 Å². The third-order valence-electron chi connectivity index (χ3n) is 5.76. The molecule has 32 heavy (non-hydrogen) atoms. The second-order valence-corrected chi connectivity index (χ2v) is 8.27. The second-order valence-electron chi connectivity index (χ2n) is 8.27. The summed E-state index contributed by atoms with van der Waals surface area (Å²) in [5.74, 6) is 1.94. The predicted octanol–water partition coefficient (Wildman–Crippen LogP) is 4.54. The lowest BCUT2D eigenvalue weighted by molar-refractivity contribution is -0.125. The van der Waals surface area contributed by atoms with Gasteiger partial charge in [-0.05, 0) is 50.3 Å². The van der Waals surface area contributed by atoms with E-state index in [1.54, 1.807) is 12.4 Å². The van der Waals surface area contributed by atoms with Crippen LogP contribution in [0, 0.1) is 12.8 Å². The number of nitrogens with one attached hydrogen (secondary N) is 1. The van der Waals surface area contributed by atoms with E-state index in [0.717, 1.165) is 38.0 Å². The Morgan fingerprint density at radius 1 is 1.09 bits per heavy atom. The molecule has 1 aliphatic rings. The lowest BCUT2D eigenvalue weighted by atomic mass is 9.97. The van der Waals surface area contributed by atoms with Gasteiger partial charge in [-0.3, -0.25) is 4.79 Å². The average Bonchev–Trinajstić information content (AvgIpc) is 2.84. The molecule has 2 heterocycles. The van der Waals surface area contributed by atoms with Crippen LogP contribution >= 0.6 is 0 Å². The Bertz CT molecular complexity index is 1010. The lowest BCUT2D eigenvalue weighted by Crippen LogP contribution is -2.43. The van der Waals surface area contributed by atoms with Gasteiger partial charge in [0.15, 0.2) is 5.82 Å². The van der Waals surface area contributed by atoms with Crippen molar-refractivity contribution in [2.75, 3.05) is 24.5 Å². The van der Waals surface area contributed by atoms with Crippen LogP contribution in [0.3, 0.4) is 0 Å². The van der Waals surface area contributed by atoms with Gasteiger partial charge < -0.3 is 15.0 Å². The van der Waals surface area contributed by atoms with Gasteiger partial charge >= 0.3 is 0 Å². The third kappa shape index (κ3) is 5.84. The predicted molar refractivity (Wildman–Crippen MR) is 126 cm³/mol. The summed E-state index contributed by atoms with van der Waals surface area (Å²) in [7, 11) is 0. The highest BCUT2D eigenvalue weighted by Crippen LogP contribution is 2.31. The van der Waals surface area contributed by atoms with E-state index < -0.39 is 0 Å². The summed E-state index contributed by atoms with van der Waals surface area (Å²) in [4.78, 5) is 23.8. The Kier molecular flexibility index (Phi) is 7.33. The van der Waals surface area contributed by atoms with Crippen LogP contribution < -0.4 is 15.0 Å². The molecule has 1 atom stereocenters. The zero-order chi connectivity index (χ0) is 22.2. The van der Waals surface area contributed by atoms with Crippen molar-refractivity contribution in [3.63, 3.8) is 0 Å². The first-order valence-electron chi connectivity index (χ1n) is 11.3. The maximum absolute atomic E-state index is 12.8. The number of hydrogen-bond acceptors (Lipinski definition) is 5.